The monoisotopic (exact) mass is 426 g/mol. The van der Waals surface area contributed by atoms with Crippen LogP contribution in [0.4, 0.5) is 0 Å². The number of carboxylic acid groups (broad SMARTS) is 1. The van der Waals surface area contributed by atoms with Gasteiger partial charge in [0, 0.05) is 11.6 Å². The number of pyridine rings is 1. The predicted octanol–water partition coefficient (Wildman–Crippen LogP) is 3.56. The number of rotatable bonds is 8. The van der Waals surface area contributed by atoms with E-state index in [0.717, 1.165) is 11.1 Å². The number of ether oxygens (including phenoxy) is 1. The average Bonchev–Trinajstić information content (AvgIpc) is 2.73. The highest BCUT2D eigenvalue weighted by molar-refractivity contribution is 7.89. The first kappa shape index (κ1) is 21.5. The molecule has 3 rings (SSSR count). The van der Waals surface area contributed by atoms with Gasteiger partial charge in [0.05, 0.1) is 30.2 Å². The third-order valence-corrected chi connectivity index (χ3v) is 6.01. The molecule has 0 radical (unpaired) electrons. The van der Waals surface area contributed by atoms with Crippen molar-refractivity contribution < 1.29 is 23.1 Å². The number of carbonyl (C=O) groups is 1. The van der Waals surface area contributed by atoms with E-state index in [1.54, 1.807) is 48.5 Å². The molecule has 156 valence electrons. The van der Waals surface area contributed by atoms with E-state index in [4.69, 9.17) is 4.74 Å². The van der Waals surface area contributed by atoms with Crippen LogP contribution in [0.5, 0.6) is 5.88 Å². The second-order valence-electron chi connectivity index (χ2n) is 6.78. The largest absolute Gasteiger partial charge is 0.481 e. The van der Waals surface area contributed by atoms with Crippen LogP contribution in [0.1, 0.15) is 23.6 Å². The lowest BCUT2D eigenvalue weighted by atomic mass is 10.0. The molecule has 1 aromatic heterocycles. The highest BCUT2D eigenvalue weighted by Gasteiger charge is 2.24. The van der Waals surface area contributed by atoms with E-state index in [-0.39, 0.29) is 4.90 Å². The van der Waals surface area contributed by atoms with E-state index in [9.17, 15) is 18.3 Å². The Hall–Kier alpha value is -3.23. The molecule has 0 aliphatic heterocycles. The Labute approximate surface area is 175 Å². The van der Waals surface area contributed by atoms with Gasteiger partial charge in [-0.2, -0.15) is 0 Å². The Morgan fingerprint density at radius 2 is 1.80 bits per heavy atom. The summed E-state index contributed by atoms with van der Waals surface area (Å²) in [4.78, 5) is 15.9. The van der Waals surface area contributed by atoms with Crippen LogP contribution in [0.2, 0.25) is 0 Å². The molecule has 0 fully saturated rings. The summed E-state index contributed by atoms with van der Waals surface area (Å²) in [5, 5.41) is 9.34. The molecule has 30 heavy (non-hydrogen) atoms. The maximum atomic E-state index is 12.8. The van der Waals surface area contributed by atoms with Gasteiger partial charge in [-0.25, -0.2) is 18.1 Å². The predicted molar refractivity (Wildman–Crippen MR) is 113 cm³/mol. The molecule has 0 bridgehead atoms. The van der Waals surface area contributed by atoms with Crippen molar-refractivity contribution >= 4 is 16.0 Å². The van der Waals surface area contributed by atoms with Crippen molar-refractivity contribution in [1.29, 1.82) is 0 Å². The van der Waals surface area contributed by atoms with Gasteiger partial charge in [0.25, 0.3) is 0 Å². The van der Waals surface area contributed by atoms with E-state index in [1.165, 1.54) is 19.2 Å². The molecule has 0 amide bonds. The first-order chi connectivity index (χ1) is 14.3. The van der Waals surface area contributed by atoms with Crippen molar-refractivity contribution in [2.75, 3.05) is 7.11 Å². The van der Waals surface area contributed by atoms with Crippen LogP contribution in [0, 0.1) is 6.92 Å². The molecule has 8 heteroatoms. The van der Waals surface area contributed by atoms with Crippen molar-refractivity contribution in [3.05, 3.63) is 77.9 Å². The molecule has 0 aliphatic carbocycles. The number of sulfonamides is 1. The summed E-state index contributed by atoms with van der Waals surface area (Å²) in [6.07, 6.45) is -0.403. The number of benzene rings is 2. The molecule has 0 spiro atoms. The highest BCUT2D eigenvalue weighted by atomic mass is 32.2. The van der Waals surface area contributed by atoms with Gasteiger partial charge >= 0.3 is 5.97 Å². The highest BCUT2D eigenvalue weighted by Crippen LogP contribution is 2.26. The minimum Gasteiger partial charge on any atom is -0.481 e. The number of aromatic nitrogens is 1. The first-order valence-corrected chi connectivity index (χ1v) is 10.7. The van der Waals surface area contributed by atoms with Gasteiger partial charge in [0.15, 0.2) is 0 Å². The maximum Gasteiger partial charge on any atom is 0.305 e. The van der Waals surface area contributed by atoms with Crippen LogP contribution >= 0.6 is 0 Å². The Morgan fingerprint density at radius 1 is 1.10 bits per heavy atom. The fraction of sp³-hybridized carbons (Fsp3) is 0.182. The lowest BCUT2D eigenvalue weighted by molar-refractivity contribution is -0.137. The smallest absolute Gasteiger partial charge is 0.305 e. The second kappa shape index (κ2) is 9.06. The van der Waals surface area contributed by atoms with E-state index < -0.39 is 28.5 Å². The van der Waals surface area contributed by atoms with Crippen LogP contribution in [-0.2, 0) is 14.8 Å². The lowest BCUT2D eigenvalue weighted by Crippen LogP contribution is -2.30. The number of aliphatic carboxylic acids is 1. The quantitative estimate of drug-likeness (QED) is 0.571. The van der Waals surface area contributed by atoms with Gasteiger partial charge in [0.2, 0.25) is 15.9 Å². The summed E-state index contributed by atoms with van der Waals surface area (Å²) in [5.74, 6) is -0.670. The Bertz CT molecular complexity index is 1140. The van der Waals surface area contributed by atoms with E-state index in [1.807, 2.05) is 13.0 Å². The molecule has 2 N–H and O–H groups in total. The maximum absolute atomic E-state index is 12.8. The molecule has 0 saturated heterocycles. The van der Waals surface area contributed by atoms with Crippen LogP contribution in [0.25, 0.3) is 11.3 Å². The summed E-state index contributed by atoms with van der Waals surface area (Å²) in [7, 11) is -2.39. The number of methoxy groups -OCH3 is 1. The van der Waals surface area contributed by atoms with Crippen LogP contribution in [0.15, 0.2) is 71.6 Å². The third kappa shape index (κ3) is 5.22. The lowest BCUT2D eigenvalue weighted by Gasteiger charge is -2.18. The summed E-state index contributed by atoms with van der Waals surface area (Å²) in [6, 6.07) is 17.7. The SMILES string of the molecule is COc1cccc(-c2cccc([C@@H](CC(=O)O)NS(=O)(=O)c3ccc(C)cc3)c2)n1. The molecule has 3 aromatic rings. The molecular formula is C22H22N2O5S. The van der Waals surface area contributed by atoms with Crippen molar-refractivity contribution in [2.24, 2.45) is 0 Å². The molecule has 1 heterocycles. The van der Waals surface area contributed by atoms with Crippen molar-refractivity contribution in [3.63, 3.8) is 0 Å². The number of carboxylic acids is 1. The average molecular weight is 426 g/mol. The molecule has 1 atom stereocenters. The minimum atomic E-state index is -3.91. The van der Waals surface area contributed by atoms with Crippen molar-refractivity contribution in [1.82, 2.24) is 9.71 Å². The van der Waals surface area contributed by atoms with Crippen LogP contribution < -0.4 is 9.46 Å². The zero-order valence-electron chi connectivity index (χ0n) is 16.6. The zero-order chi connectivity index (χ0) is 21.7. The fourth-order valence-electron chi connectivity index (χ4n) is 2.98. The van der Waals surface area contributed by atoms with Crippen molar-refractivity contribution in [3.8, 4) is 17.1 Å². The van der Waals surface area contributed by atoms with Gasteiger partial charge < -0.3 is 9.84 Å². The van der Waals surface area contributed by atoms with Gasteiger partial charge in [-0.3, -0.25) is 4.79 Å². The number of nitrogens with one attached hydrogen (secondary N) is 1. The Kier molecular flexibility index (Phi) is 6.49. The van der Waals surface area contributed by atoms with Crippen molar-refractivity contribution in [2.45, 2.75) is 24.3 Å². The third-order valence-electron chi connectivity index (χ3n) is 4.52. The molecular weight excluding hydrogens is 404 g/mol. The Morgan fingerprint density at radius 3 is 2.47 bits per heavy atom. The summed E-state index contributed by atoms with van der Waals surface area (Å²) in [5.41, 5.74) is 2.80. The Balaban J connectivity index is 1.95. The minimum absolute atomic E-state index is 0.0779. The fourth-order valence-corrected chi connectivity index (χ4v) is 4.20. The van der Waals surface area contributed by atoms with E-state index >= 15 is 0 Å². The number of nitrogens with zero attached hydrogens (tertiary/aromatic N) is 1. The van der Waals surface area contributed by atoms with Crippen LogP contribution in [0.3, 0.4) is 0 Å². The molecule has 2 aromatic carbocycles. The standard InChI is InChI=1S/C22H22N2O5S/c1-15-9-11-18(12-10-15)30(27,28)24-20(14-22(25)26)17-6-3-5-16(13-17)19-7-4-8-21(23-19)29-2/h3-13,20,24H,14H2,1-2H3,(H,25,26)/t20-/m1/s1. The van der Waals surface area contributed by atoms with Gasteiger partial charge in [-0.15, -0.1) is 0 Å². The molecule has 7 nitrogen and oxygen atoms in total. The number of hydrogen-bond acceptors (Lipinski definition) is 5. The zero-order valence-corrected chi connectivity index (χ0v) is 17.4. The van der Waals surface area contributed by atoms with E-state index in [0.29, 0.717) is 17.1 Å². The first-order valence-electron chi connectivity index (χ1n) is 9.20. The number of aryl methyl sites for hydroxylation is 1. The van der Waals surface area contributed by atoms with E-state index in [2.05, 4.69) is 9.71 Å². The number of hydrogen-bond donors (Lipinski definition) is 2. The summed E-state index contributed by atoms with van der Waals surface area (Å²) < 4.78 is 33.3. The van der Waals surface area contributed by atoms with Gasteiger partial charge in [-0.1, -0.05) is 42.0 Å². The summed E-state index contributed by atoms with van der Waals surface area (Å²) in [6.45, 7) is 1.86. The normalized spacial score (nSPS) is 12.3. The van der Waals surface area contributed by atoms with Crippen LogP contribution in [-0.4, -0.2) is 31.6 Å². The van der Waals surface area contributed by atoms with Gasteiger partial charge in [-0.05, 0) is 36.8 Å². The summed E-state index contributed by atoms with van der Waals surface area (Å²) >= 11 is 0. The molecule has 0 unspecified atom stereocenters. The second-order valence-corrected chi connectivity index (χ2v) is 8.49. The molecule has 0 saturated carbocycles. The molecule has 0 aliphatic rings. The topological polar surface area (TPSA) is 106 Å². The van der Waals surface area contributed by atoms with Gasteiger partial charge in [0.1, 0.15) is 0 Å².